The molecule has 2 aromatic rings. The van der Waals surface area contributed by atoms with E-state index in [1.165, 1.54) is 0 Å². The molecule has 0 fully saturated rings. The minimum atomic E-state index is 0.410. The Morgan fingerprint density at radius 1 is 1.00 bits per heavy atom. The van der Waals surface area contributed by atoms with Gasteiger partial charge in [-0.3, -0.25) is 0 Å². The van der Waals surface area contributed by atoms with Crippen molar-refractivity contribution in [3.05, 3.63) is 57.0 Å². The summed E-state index contributed by atoms with van der Waals surface area (Å²) in [6, 6.07) is 6.99. The molecule has 0 bridgehead atoms. The van der Waals surface area contributed by atoms with Gasteiger partial charge < -0.3 is 0 Å². The molecule has 0 N–H and O–H groups in total. The van der Waals surface area contributed by atoms with Crippen molar-refractivity contribution < 1.29 is 0 Å². The van der Waals surface area contributed by atoms with Gasteiger partial charge in [-0.1, -0.05) is 40.9 Å². The molecule has 5 heteroatoms. The largest absolute Gasteiger partial charge is 0.241 e. The van der Waals surface area contributed by atoms with Gasteiger partial charge in [0.15, 0.2) is 0 Å². The van der Waals surface area contributed by atoms with Gasteiger partial charge in [0.05, 0.1) is 0 Å². The molecular weight excluding hydrogens is 266 g/mol. The topological polar surface area (TPSA) is 25.8 Å². The molecule has 0 spiro atoms. The van der Waals surface area contributed by atoms with E-state index in [4.69, 9.17) is 34.8 Å². The normalized spacial score (nSPS) is 10.4. The second kappa shape index (κ2) is 5.00. The molecule has 0 saturated heterocycles. The fourth-order valence-electron chi connectivity index (χ4n) is 1.32. The molecule has 0 unspecified atom stereocenters. The van der Waals surface area contributed by atoms with Crippen LogP contribution in [0.25, 0.3) is 0 Å². The van der Waals surface area contributed by atoms with Crippen LogP contribution in [0.15, 0.2) is 30.5 Å². The summed E-state index contributed by atoms with van der Waals surface area (Å²) in [5, 5.41) is 1.63. The van der Waals surface area contributed by atoms with Crippen LogP contribution >= 0.6 is 34.8 Å². The number of rotatable bonds is 2. The maximum absolute atomic E-state index is 6.05. The molecule has 0 radical (unpaired) electrons. The van der Waals surface area contributed by atoms with E-state index >= 15 is 0 Å². The Bertz CT molecular complexity index is 494. The van der Waals surface area contributed by atoms with Crippen molar-refractivity contribution in [3.8, 4) is 0 Å². The Kier molecular flexibility index (Phi) is 3.64. The van der Waals surface area contributed by atoms with E-state index in [2.05, 4.69) is 9.97 Å². The molecule has 0 amide bonds. The van der Waals surface area contributed by atoms with Crippen molar-refractivity contribution in [1.82, 2.24) is 9.97 Å². The standard InChI is InChI=1S/C11H7Cl3N2/c12-8-2-1-3-9(13)7(8)6-11-15-5-4-10(14)16-11/h1-5H,6H2. The van der Waals surface area contributed by atoms with Gasteiger partial charge in [-0.25, -0.2) is 9.97 Å². The Morgan fingerprint density at radius 2 is 1.69 bits per heavy atom. The predicted molar refractivity (Wildman–Crippen MR) is 66.3 cm³/mol. The van der Waals surface area contributed by atoms with Gasteiger partial charge in [0.25, 0.3) is 0 Å². The number of halogens is 3. The summed E-state index contributed by atoms with van der Waals surface area (Å²) in [5.41, 5.74) is 0.813. The highest BCUT2D eigenvalue weighted by Gasteiger charge is 2.08. The molecule has 16 heavy (non-hydrogen) atoms. The van der Waals surface area contributed by atoms with E-state index in [9.17, 15) is 0 Å². The molecular formula is C11H7Cl3N2. The quantitative estimate of drug-likeness (QED) is 0.772. The summed E-state index contributed by atoms with van der Waals surface area (Å²) in [6.45, 7) is 0. The molecule has 82 valence electrons. The second-order valence-electron chi connectivity index (χ2n) is 3.17. The highest BCUT2D eigenvalue weighted by atomic mass is 35.5. The fourth-order valence-corrected chi connectivity index (χ4v) is 2.00. The van der Waals surface area contributed by atoms with Crippen LogP contribution < -0.4 is 0 Å². The maximum atomic E-state index is 6.05. The summed E-state index contributed by atoms with van der Waals surface area (Å²) in [5.74, 6) is 0.600. The third kappa shape index (κ3) is 2.64. The van der Waals surface area contributed by atoms with Crippen LogP contribution in [0.2, 0.25) is 15.2 Å². The highest BCUT2D eigenvalue weighted by Crippen LogP contribution is 2.26. The lowest BCUT2D eigenvalue weighted by Crippen LogP contribution is -1.97. The van der Waals surface area contributed by atoms with Crippen LogP contribution in [0.3, 0.4) is 0 Å². The average Bonchev–Trinajstić information content (AvgIpc) is 2.24. The number of hydrogen-bond acceptors (Lipinski definition) is 2. The fraction of sp³-hybridized carbons (Fsp3) is 0.0909. The zero-order chi connectivity index (χ0) is 11.5. The highest BCUT2D eigenvalue weighted by molar-refractivity contribution is 6.36. The first-order valence-electron chi connectivity index (χ1n) is 4.57. The summed E-state index contributed by atoms with van der Waals surface area (Å²) < 4.78 is 0. The van der Waals surface area contributed by atoms with Gasteiger partial charge in [0.1, 0.15) is 11.0 Å². The molecule has 1 aromatic heterocycles. The lowest BCUT2D eigenvalue weighted by atomic mass is 10.1. The third-order valence-electron chi connectivity index (χ3n) is 2.07. The molecule has 1 aromatic carbocycles. The van der Waals surface area contributed by atoms with Crippen molar-refractivity contribution in [3.63, 3.8) is 0 Å². The van der Waals surface area contributed by atoms with E-state index in [1.54, 1.807) is 30.5 Å². The van der Waals surface area contributed by atoms with Gasteiger partial charge in [-0.15, -0.1) is 0 Å². The van der Waals surface area contributed by atoms with Crippen molar-refractivity contribution in [1.29, 1.82) is 0 Å². The summed E-state index contributed by atoms with van der Waals surface area (Å²) in [7, 11) is 0. The zero-order valence-electron chi connectivity index (χ0n) is 8.12. The molecule has 2 nitrogen and oxygen atoms in total. The molecule has 0 aliphatic carbocycles. The smallest absolute Gasteiger partial charge is 0.134 e. The third-order valence-corrected chi connectivity index (χ3v) is 2.99. The first kappa shape index (κ1) is 11.6. The zero-order valence-corrected chi connectivity index (χ0v) is 10.4. The average molecular weight is 274 g/mol. The minimum Gasteiger partial charge on any atom is -0.241 e. The Hall–Kier alpha value is -0.830. The second-order valence-corrected chi connectivity index (χ2v) is 4.37. The molecule has 0 aliphatic heterocycles. The first-order valence-corrected chi connectivity index (χ1v) is 5.70. The maximum Gasteiger partial charge on any atom is 0.134 e. The van der Waals surface area contributed by atoms with Crippen LogP contribution in [-0.2, 0) is 6.42 Å². The Morgan fingerprint density at radius 3 is 2.31 bits per heavy atom. The van der Waals surface area contributed by atoms with Crippen molar-refractivity contribution in [2.45, 2.75) is 6.42 Å². The molecule has 1 heterocycles. The van der Waals surface area contributed by atoms with Gasteiger partial charge >= 0.3 is 0 Å². The van der Waals surface area contributed by atoms with Crippen LogP contribution in [-0.4, -0.2) is 9.97 Å². The SMILES string of the molecule is Clc1ccnc(Cc2c(Cl)cccc2Cl)n1. The molecule has 0 saturated carbocycles. The Labute approximate surface area is 108 Å². The van der Waals surface area contributed by atoms with Gasteiger partial charge in [0, 0.05) is 22.7 Å². The van der Waals surface area contributed by atoms with Crippen LogP contribution in [0.5, 0.6) is 0 Å². The number of hydrogen-bond donors (Lipinski definition) is 0. The minimum absolute atomic E-state index is 0.410. The number of benzene rings is 1. The van der Waals surface area contributed by atoms with Crippen molar-refractivity contribution in [2.24, 2.45) is 0 Å². The first-order chi connectivity index (χ1) is 7.66. The monoisotopic (exact) mass is 272 g/mol. The van der Waals surface area contributed by atoms with E-state index in [1.807, 2.05) is 0 Å². The van der Waals surface area contributed by atoms with Crippen LogP contribution in [0, 0.1) is 0 Å². The van der Waals surface area contributed by atoms with E-state index in [0.29, 0.717) is 27.4 Å². The van der Waals surface area contributed by atoms with Crippen molar-refractivity contribution >= 4 is 34.8 Å². The van der Waals surface area contributed by atoms with E-state index < -0.39 is 0 Å². The van der Waals surface area contributed by atoms with Gasteiger partial charge in [0.2, 0.25) is 0 Å². The van der Waals surface area contributed by atoms with Crippen LogP contribution in [0.1, 0.15) is 11.4 Å². The molecule has 2 rings (SSSR count). The van der Waals surface area contributed by atoms with Gasteiger partial charge in [-0.2, -0.15) is 0 Å². The molecule has 0 atom stereocenters. The summed E-state index contributed by atoms with van der Waals surface area (Å²) >= 11 is 17.9. The lowest BCUT2D eigenvalue weighted by molar-refractivity contribution is 0.968. The Balaban J connectivity index is 2.34. The van der Waals surface area contributed by atoms with Gasteiger partial charge in [-0.05, 0) is 23.8 Å². The van der Waals surface area contributed by atoms with Crippen molar-refractivity contribution in [2.75, 3.05) is 0 Å². The van der Waals surface area contributed by atoms with E-state index in [0.717, 1.165) is 5.56 Å². The number of nitrogens with zero attached hydrogens (tertiary/aromatic N) is 2. The molecule has 0 aliphatic rings. The number of aromatic nitrogens is 2. The summed E-state index contributed by atoms with van der Waals surface area (Å²) in [6.07, 6.45) is 2.08. The predicted octanol–water partition coefficient (Wildman–Crippen LogP) is 4.03. The lowest BCUT2D eigenvalue weighted by Gasteiger charge is -2.05. The van der Waals surface area contributed by atoms with Crippen LogP contribution in [0.4, 0.5) is 0 Å². The summed E-state index contributed by atoms with van der Waals surface area (Å²) in [4.78, 5) is 8.19. The van der Waals surface area contributed by atoms with E-state index in [-0.39, 0.29) is 0 Å².